The van der Waals surface area contributed by atoms with Gasteiger partial charge in [-0.05, 0) is 43.0 Å². The first-order valence-corrected chi connectivity index (χ1v) is 8.99. The van der Waals surface area contributed by atoms with Crippen molar-refractivity contribution in [3.05, 3.63) is 51.9 Å². The van der Waals surface area contributed by atoms with Gasteiger partial charge in [-0.1, -0.05) is 32.9 Å². The number of benzene rings is 1. The molecule has 0 atom stereocenters. The summed E-state index contributed by atoms with van der Waals surface area (Å²) >= 11 is 1.41. The van der Waals surface area contributed by atoms with E-state index in [1.54, 1.807) is 13.0 Å². The van der Waals surface area contributed by atoms with E-state index in [0.717, 1.165) is 11.3 Å². The van der Waals surface area contributed by atoms with E-state index in [1.165, 1.54) is 16.9 Å². The Hall–Kier alpha value is -2.14. The fraction of sp³-hybridized carbons (Fsp3) is 0.368. The largest absolute Gasteiger partial charge is 0.462 e. The maximum Gasteiger partial charge on any atom is 0.341 e. The van der Waals surface area contributed by atoms with Crippen LogP contribution in [0, 0.1) is 0 Å². The van der Waals surface area contributed by atoms with Gasteiger partial charge in [0, 0.05) is 10.4 Å². The zero-order valence-corrected chi connectivity index (χ0v) is 15.3. The number of nitrogens with one attached hydrogen (secondary N) is 1. The first kappa shape index (κ1) is 18.2. The van der Waals surface area contributed by atoms with Crippen molar-refractivity contribution in [3.63, 3.8) is 0 Å². The standard InChI is InChI=1S/C19H23NO3S/c1-5-15-11-16(19(22)23-6-2)18(24-15)20-17(21)14-9-7-13(8-10-14)12(3)4/h7-12H,5-6H2,1-4H3,(H,20,21). The molecule has 0 saturated heterocycles. The van der Waals surface area contributed by atoms with Gasteiger partial charge in [0.05, 0.1) is 12.2 Å². The lowest BCUT2D eigenvalue weighted by atomic mass is 10.0. The van der Waals surface area contributed by atoms with E-state index in [9.17, 15) is 9.59 Å². The van der Waals surface area contributed by atoms with Crippen molar-refractivity contribution in [1.82, 2.24) is 0 Å². The highest BCUT2D eigenvalue weighted by molar-refractivity contribution is 7.16. The van der Waals surface area contributed by atoms with Crippen LogP contribution in [-0.2, 0) is 11.2 Å². The van der Waals surface area contributed by atoms with E-state index in [0.29, 0.717) is 28.7 Å². The van der Waals surface area contributed by atoms with Crippen LogP contribution >= 0.6 is 11.3 Å². The number of amides is 1. The Balaban J connectivity index is 2.21. The average molecular weight is 345 g/mol. The van der Waals surface area contributed by atoms with Gasteiger partial charge >= 0.3 is 5.97 Å². The van der Waals surface area contributed by atoms with Crippen LogP contribution in [-0.4, -0.2) is 18.5 Å². The SMILES string of the molecule is CCOC(=O)c1cc(CC)sc1NC(=O)c1ccc(C(C)C)cc1. The Morgan fingerprint density at radius 1 is 1.17 bits per heavy atom. The van der Waals surface area contributed by atoms with Gasteiger partial charge in [-0.25, -0.2) is 4.79 Å². The molecule has 1 heterocycles. The van der Waals surface area contributed by atoms with Gasteiger partial charge in [-0.3, -0.25) is 4.79 Å². The maximum absolute atomic E-state index is 12.5. The molecule has 0 unspecified atom stereocenters. The summed E-state index contributed by atoms with van der Waals surface area (Å²) in [5, 5.41) is 3.39. The molecule has 5 heteroatoms. The van der Waals surface area contributed by atoms with E-state index in [2.05, 4.69) is 19.2 Å². The Kier molecular flexibility index (Phi) is 6.15. The smallest absolute Gasteiger partial charge is 0.341 e. The summed E-state index contributed by atoms with van der Waals surface area (Å²) in [7, 11) is 0. The number of ether oxygens (including phenoxy) is 1. The Bertz CT molecular complexity index is 717. The van der Waals surface area contributed by atoms with Crippen molar-refractivity contribution in [2.75, 3.05) is 11.9 Å². The van der Waals surface area contributed by atoms with E-state index >= 15 is 0 Å². The van der Waals surface area contributed by atoms with Crippen molar-refractivity contribution in [3.8, 4) is 0 Å². The van der Waals surface area contributed by atoms with Crippen LogP contribution in [0.4, 0.5) is 5.00 Å². The molecule has 0 bridgehead atoms. The number of aryl methyl sites for hydroxylation is 1. The molecule has 0 aliphatic heterocycles. The van der Waals surface area contributed by atoms with Crippen molar-refractivity contribution in [2.24, 2.45) is 0 Å². The van der Waals surface area contributed by atoms with E-state index < -0.39 is 5.97 Å². The number of esters is 1. The van der Waals surface area contributed by atoms with Crippen LogP contribution in [0.5, 0.6) is 0 Å². The molecular weight excluding hydrogens is 322 g/mol. The zero-order chi connectivity index (χ0) is 17.7. The number of anilines is 1. The molecule has 2 rings (SSSR count). The first-order valence-electron chi connectivity index (χ1n) is 8.17. The molecule has 128 valence electrons. The van der Waals surface area contributed by atoms with Crippen LogP contribution < -0.4 is 5.32 Å². The summed E-state index contributed by atoms with van der Waals surface area (Å²) < 4.78 is 5.07. The third kappa shape index (κ3) is 4.23. The van der Waals surface area contributed by atoms with E-state index in [-0.39, 0.29) is 5.91 Å². The van der Waals surface area contributed by atoms with Crippen molar-refractivity contribution >= 4 is 28.2 Å². The minimum Gasteiger partial charge on any atom is -0.462 e. The van der Waals surface area contributed by atoms with Crippen LogP contribution in [0.3, 0.4) is 0 Å². The lowest BCUT2D eigenvalue weighted by Crippen LogP contribution is -2.14. The summed E-state index contributed by atoms with van der Waals surface area (Å²) in [6, 6.07) is 9.32. The molecule has 24 heavy (non-hydrogen) atoms. The van der Waals surface area contributed by atoms with Gasteiger partial charge in [0.25, 0.3) is 5.91 Å². The Morgan fingerprint density at radius 2 is 1.83 bits per heavy atom. The normalized spacial score (nSPS) is 10.7. The lowest BCUT2D eigenvalue weighted by Gasteiger charge is -2.08. The van der Waals surface area contributed by atoms with Crippen molar-refractivity contribution in [2.45, 2.75) is 40.0 Å². The van der Waals surface area contributed by atoms with Gasteiger partial charge in [-0.15, -0.1) is 11.3 Å². The second kappa shape index (κ2) is 8.11. The molecule has 0 aliphatic carbocycles. The molecule has 1 aromatic heterocycles. The van der Waals surface area contributed by atoms with Gasteiger partial charge in [-0.2, -0.15) is 0 Å². The highest BCUT2D eigenvalue weighted by Crippen LogP contribution is 2.30. The minimum absolute atomic E-state index is 0.222. The van der Waals surface area contributed by atoms with Crippen molar-refractivity contribution < 1.29 is 14.3 Å². The molecule has 4 nitrogen and oxygen atoms in total. The second-order valence-electron chi connectivity index (χ2n) is 5.76. The third-order valence-electron chi connectivity index (χ3n) is 3.69. The Labute approximate surface area is 146 Å². The molecule has 1 N–H and O–H groups in total. The summed E-state index contributed by atoms with van der Waals surface area (Å²) in [5.74, 6) is -0.207. The fourth-order valence-corrected chi connectivity index (χ4v) is 3.24. The molecule has 0 radical (unpaired) electrons. The molecule has 0 spiro atoms. The van der Waals surface area contributed by atoms with E-state index in [4.69, 9.17) is 4.74 Å². The highest BCUT2D eigenvalue weighted by atomic mass is 32.1. The number of hydrogen-bond donors (Lipinski definition) is 1. The summed E-state index contributed by atoms with van der Waals surface area (Å²) in [6.45, 7) is 8.30. The number of hydrogen-bond acceptors (Lipinski definition) is 4. The van der Waals surface area contributed by atoms with Gasteiger partial charge < -0.3 is 10.1 Å². The van der Waals surface area contributed by atoms with Gasteiger partial charge in [0.15, 0.2) is 0 Å². The predicted octanol–water partition coefficient (Wildman–Crippen LogP) is 4.86. The number of carbonyl (C=O) groups excluding carboxylic acids is 2. The zero-order valence-electron chi connectivity index (χ0n) is 14.5. The van der Waals surface area contributed by atoms with Gasteiger partial charge in [0.1, 0.15) is 5.00 Å². The summed E-state index contributed by atoms with van der Waals surface area (Å²) in [6.07, 6.45) is 0.802. The molecule has 1 aromatic carbocycles. The highest BCUT2D eigenvalue weighted by Gasteiger charge is 2.19. The lowest BCUT2D eigenvalue weighted by molar-refractivity contribution is 0.0528. The number of rotatable bonds is 6. The predicted molar refractivity (Wildman–Crippen MR) is 98.1 cm³/mol. The van der Waals surface area contributed by atoms with Crippen LogP contribution in [0.1, 0.15) is 64.8 Å². The molecule has 0 fully saturated rings. The van der Waals surface area contributed by atoms with Crippen LogP contribution in [0.15, 0.2) is 30.3 Å². The summed E-state index contributed by atoms with van der Waals surface area (Å²) in [4.78, 5) is 25.6. The summed E-state index contributed by atoms with van der Waals surface area (Å²) in [5.41, 5.74) is 2.18. The van der Waals surface area contributed by atoms with Crippen molar-refractivity contribution in [1.29, 1.82) is 0 Å². The van der Waals surface area contributed by atoms with E-state index in [1.807, 2.05) is 31.2 Å². The minimum atomic E-state index is -0.404. The second-order valence-corrected chi connectivity index (χ2v) is 6.90. The molecule has 0 saturated carbocycles. The molecule has 1 amide bonds. The molecule has 0 aliphatic rings. The number of carbonyl (C=O) groups is 2. The number of thiophene rings is 1. The first-order chi connectivity index (χ1) is 11.5. The Morgan fingerprint density at radius 3 is 2.38 bits per heavy atom. The fourth-order valence-electron chi connectivity index (χ4n) is 2.26. The van der Waals surface area contributed by atoms with Crippen LogP contribution in [0.2, 0.25) is 0 Å². The molecule has 2 aromatic rings. The monoisotopic (exact) mass is 345 g/mol. The molecular formula is C19H23NO3S. The van der Waals surface area contributed by atoms with Gasteiger partial charge in [0.2, 0.25) is 0 Å². The third-order valence-corrected chi connectivity index (χ3v) is 4.89. The average Bonchev–Trinajstić information content (AvgIpc) is 2.98. The quantitative estimate of drug-likeness (QED) is 0.761. The topological polar surface area (TPSA) is 55.4 Å². The van der Waals surface area contributed by atoms with Crippen LogP contribution in [0.25, 0.3) is 0 Å². The maximum atomic E-state index is 12.5.